The first-order valence-corrected chi connectivity index (χ1v) is 7.09. The fraction of sp³-hybridized carbons (Fsp3) is 0.0667. The second-order valence-corrected chi connectivity index (χ2v) is 5.30. The van der Waals surface area contributed by atoms with Crippen LogP contribution in [0.2, 0.25) is 10.0 Å². The Labute approximate surface area is 141 Å². The van der Waals surface area contributed by atoms with Gasteiger partial charge in [-0.05, 0) is 24.3 Å². The number of anilines is 1. The number of amides is 2. The van der Waals surface area contributed by atoms with Crippen LogP contribution in [0.3, 0.4) is 0 Å². The number of nitrogens with two attached hydrogens (primary N) is 1. The minimum atomic E-state index is -0.750. The smallest absolute Gasteiger partial charge is 0.257 e. The Morgan fingerprint density at radius 1 is 1.17 bits per heavy atom. The molecule has 0 heterocycles. The molecule has 0 radical (unpaired) electrons. The van der Waals surface area contributed by atoms with Gasteiger partial charge in [-0.1, -0.05) is 29.3 Å². The quantitative estimate of drug-likeness (QED) is 0.806. The zero-order valence-corrected chi connectivity index (χ0v) is 13.1. The van der Waals surface area contributed by atoms with E-state index in [4.69, 9.17) is 33.7 Å². The first kappa shape index (κ1) is 17.1. The van der Waals surface area contributed by atoms with Gasteiger partial charge in [0.15, 0.2) is 6.61 Å². The lowest BCUT2D eigenvalue weighted by molar-refractivity contribution is -0.119. The zero-order valence-electron chi connectivity index (χ0n) is 11.6. The van der Waals surface area contributed by atoms with Crippen molar-refractivity contribution in [1.29, 1.82) is 0 Å². The lowest BCUT2D eigenvalue weighted by Crippen LogP contribution is -2.20. The summed E-state index contributed by atoms with van der Waals surface area (Å²) in [6.45, 7) is -0.286. The fourth-order valence-corrected chi connectivity index (χ4v) is 2.18. The van der Waals surface area contributed by atoms with Crippen molar-refractivity contribution in [1.82, 2.24) is 0 Å². The van der Waals surface area contributed by atoms with Crippen LogP contribution in [0.1, 0.15) is 10.4 Å². The molecule has 2 aromatic rings. The molecule has 0 saturated heterocycles. The van der Waals surface area contributed by atoms with E-state index in [0.29, 0.717) is 11.4 Å². The average molecular weight is 357 g/mol. The van der Waals surface area contributed by atoms with Crippen LogP contribution in [0.4, 0.5) is 10.1 Å². The molecule has 2 aromatic carbocycles. The summed E-state index contributed by atoms with van der Waals surface area (Å²) >= 11 is 11.5. The van der Waals surface area contributed by atoms with Gasteiger partial charge in [-0.3, -0.25) is 9.59 Å². The van der Waals surface area contributed by atoms with E-state index in [9.17, 15) is 14.0 Å². The molecule has 0 aliphatic rings. The number of benzene rings is 2. The third kappa shape index (κ3) is 4.58. The number of hydrogen-bond donors (Lipinski definition) is 2. The van der Waals surface area contributed by atoms with Crippen molar-refractivity contribution < 1.29 is 18.7 Å². The number of hydrogen-bond acceptors (Lipinski definition) is 3. The van der Waals surface area contributed by atoms with E-state index < -0.39 is 17.6 Å². The van der Waals surface area contributed by atoms with E-state index in [2.05, 4.69) is 5.32 Å². The lowest BCUT2D eigenvalue weighted by Gasteiger charge is -2.09. The van der Waals surface area contributed by atoms with Gasteiger partial charge in [-0.25, -0.2) is 4.39 Å². The molecular weight excluding hydrogens is 346 g/mol. The summed E-state index contributed by atoms with van der Waals surface area (Å²) in [4.78, 5) is 22.8. The molecule has 2 amide bonds. The van der Waals surface area contributed by atoms with Gasteiger partial charge in [0, 0.05) is 11.8 Å². The highest BCUT2D eigenvalue weighted by Crippen LogP contribution is 2.25. The Balaban J connectivity index is 2.16. The Kier molecular flexibility index (Phi) is 5.41. The molecule has 3 N–H and O–H groups in total. The van der Waals surface area contributed by atoms with E-state index in [1.807, 2.05) is 0 Å². The number of primary amides is 1. The number of carbonyl (C=O) groups excluding carboxylic acids is 2. The fourth-order valence-electron chi connectivity index (χ4n) is 1.71. The third-order valence-corrected chi connectivity index (χ3v) is 3.33. The van der Waals surface area contributed by atoms with Crippen LogP contribution in [-0.4, -0.2) is 18.4 Å². The summed E-state index contributed by atoms with van der Waals surface area (Å²) in [6.07, 6.45) is 0. The maximum atomic E-state index is 13.5. The molecule has 8 heteroatoms. The third-order valence-electron chi connectivity index (χ3n) is 2.73. The van der Waals surface area contributed by atoms with Crippen LogP contribution < -0.4 is 15.8 Å². The highest BCUT2D eigenvalue weighted by atomic mass is 35.5. The van der Waals surface area contributed by atoms with Crippen molar-refractivity contribution in [3.05, 3.63) is 57.8 Å². The molecule has 0 aromatic heterocycles. The molecular formula is C15H11Cl2FN2O3. The summed E-state index contributed by atoms with van der Waals surface area (Å²) in [5.74, 6) is -1.64. The molecule has 120 valence electrons. The summed E-state index contributed by atoms with van der Waals surface area (Å²) in [5, 5.41) is 2.39. The van der Waals surface area contributed by atoms with Gasteiger partial charge in [-0.2, -0.15) is 0 Å². The summed E-state index contributed by atoms with van der Waals surface area (Å²) in [5.41, 5.74) is 5.30. The van der Waals surface area contributed by atoms with E-state index in [0.717, 1.165) is 12.1 Å². The van der Waals surface area contributed by atoms with Crippen molar-refractivity contribution in [3.8, 4) is 5.75 Å². The van der Waals surface area contributed by atoms with E-state index in [1.165, 1.54) is 6.07 Å². The van der Waals surface area contributed by atoms with E-state index in [1.54, 1.807) is 18.2 Å². The predicted octanol–water partition coefficient (Wildman–Crippen LogP) is 3.25. The Hall–Kier alpha value is -2.31. The molecule has 23 heavy (non-hydrogen) atoms. The van der Waals surface area contributed by atoms with E-state index >= 15 is 0 Å². The van der Waals surface area contributed by atoms with Gasteiger partial charge >= 0.3 is 0 Å². The minimum Gasteiger partial charge on any atom is -0.484 e. The van der Waals surface area contributed by atoms with Crippen LogP contribution in [0.5, 0.6) is 5.75 Å². The summed E-state index contributed by atoms with van der Waals surface area (Å²) in [6, 6.07) is 8.38. The largest absolute Gasteiger partial charge is 0.484 e. The SMILES string of the molecule is NC(=O)COc1cccc(NC(=O)c2cc(F)c(Cl)cc2Cl)c1. The molecule has 0 bridgehead atoms. The second kappa shape index (κ2) is 7.30. The minimum absolute atomic E-state index is 0.0232. The molecule has 0 aliphatic heterocycles. The Morgan fingerprint density at radius 2 is 1.91 bits per heavy atom. The van der Waals surface area contributed by atoms with Gasteiger partial charge in [0.2, 0.25) is 0 Å². The van der Waals surface area contributed by atoms with Gasteiger partial charge in [0.05, 0.1) is 15.6 Å². The van der Waals surface area contributed by atoms with E-state index in [-0.39, 0.29) is 22.2 Å². The van der Waals surface area contributed by atoms with Crippen molar-refractivity contribution in [2.24, 2.45) is 5.73 Å². The maximum Gasteiger partial charge on any atom is 0.257 e. The van der Waals surface area contributed by atoms with Crippen molar-refractivity contribution in [2.75, 3.05) is 11.9 Å². The topological polar surface area (TPSA) is 81.4 Å². The van der Waals surface area contributed by atoms with Crippen LogP contribution in [-0.2, 0) is 4.79 Å². The number of rotatable bonds is 5. The van der Waals surface area contributed by atoms with Gasteiger partial charge in [-0.15, -0.1) is 0 Å². The van der Waals surface area contributed by atoms with Crippen LogP contribution >= 0.6 is 23.2 Å². The Bertz CT molecular complexity index is 768. The van der Waals surface area contributed by atoms with Crippen molar-refractivity contribution in [3.63, 3.8) is 0 Å². The molecule has 0 aliphatic carbocycles. The highest BCUT2D eigenvalue weighted by molar-refractivity contribution is 6.37. The number of nitrogens with one attached hydrogen (secondary N) is 1. The lowest BCUT2D eigenvalue weighted by atomic mass is 10.2. The van der Waals surface area contributed by atoms with Crippen LogP contribution in [0, 0.1) is 5.82 Å². The van der Waals surface area contributed by atoms with Crippen molar-refractivity contribution in [2.45, 2.75) is 0 Å². The number of carbonyl (C=O) groups is 2. The number of ether oxygens (including phenoxy) is 1. The van der Waals surface area contributed by atoms with Crippen LogP contribution in [0.25, 0.3) is 0 Å². The zero-order chi connectivity index (χ0) is 17.0. The maximum absolute atomic E-state index is 13.5. The standard InChI is InChI=1S/C15H11Cl2FN2O3/c16-11-6-12(17)13(18)5-10(11)15(22)20-8-2-1-3-9(4-8)23-7-14(19)21/h1-6H,7H2,(H2,19,21)(H,20,22). The van der Waals surface area contributed by atoms with Crippen LogP contribution in [0.15, 0.2) is 36.4 Å². The monoisotopic (exact) mass is 356 g/mol. The Morgan fingerprint density at radius 3 is 2.61 bits per heavy atom. The highest BCUT2D eigenvalue weighted by Gasteiger charge is 2.14. The van der Waals surface area contributed by atoms with Gasteiger partial charge < -0.3 is 15.8 Å². The second-order valence-electron chi connectivity index (χ2n) is 4.48. The summed E-state index contributed by atoms with van der Waals surface area (Å²) < 4.78 is 18.6. The van der Waals surface area contributed by atoms with Gasteiger partial charge in [0.25, 0.3) is 11.8 Å². The molecule has 0 spiro atoms. The molecule has 5 nitrogen and oxygen atoms in total. The molecule has 0 atom stereocenters. The van der Waals surface area contributed by atoms with Gasteiger partial charge in [0.1, 0.15) is 11.6 Å². The summed E-state index contributed by atoms with van der Waals surface area (Å²) in [7, 11) is 0. The number of halogens is 3. The average Bonchev–Trinajstić information content (AvgIpc) is 2.49. The first-order valence-electron chi connectivity index (χ1n) is 6.34. The van der Waals surface area contributed by atoms with Crippen molar-refractivity contribution >= 4 is 40.7 Å². The molecule has 0 fully saturated rings. The first-order chi connectivity index (χ1) is 10.9. The molecule has 0 saturated carbocycles. The normalized spacial score (nSPS) is 10.2. The molecule has 2 rings (SSSR count). The molecule has 0 unspecified atom stereocenters. The predicted molar refractivity (Wildman–Crippen MR) is 85.5 cm³/mol.